The number of hydrogen-bond acceptors (Lipinski definition) is 4. The molecule has 0 radical (unpaired) electrons. The SMILES string of the molecule is CN(C)c1ccc(CNC(=O)/C=C/c2cnc3ccccc3n2)cc1. The van der Waals surface area contributed by atoms with Gasteiger partial charge >= 0.3 is 0 Å². The second kappa shape index (κ2) is 7.57. The van der Waals surface area contributed by atoms with E-state index in [2.05, 4.69) is 15.3 Å². The Balaban J connectivity index is 1.58. The summed E-state index contributed by atoms with van der Waals surface area (Å²) in [7, 11) is 3.99. The highest BCUT2D eigenvalue weighted by Gasteiger charge is 2.00. The van der Waals surface area contributed by atoms with Gasteiger partial charge in [-0.25, -0.2) is 4.98 Å². The molecule has 3 aromatic rings. The van der Waals surface area contributed by atoms with Gasteiger partial charge in [0.2, 0.25) is 5.91 Å². The third-order valence-corrected chi connectivity index (χ3v) is 3.79. The lowest BCUT2D eigenvalue weighted by molar-refractivity contribution is -0.116. The van der Waals surface area contributed by atoms with Crippen LogP contribution >= 0.6 is 0 Å². The van der Waals surface area contributed by atoms with Gasteiger partial charge < -0.3 is 10.2 Å². The lowest BCUT2D eigenvalue weighted by atomic mass is 10.2. The van der Waals surface area contributed by atoms with Crippen LogP contribution in [0.25, 0.3) is 17.1 Å². The largest absolute Gasteiger partial charge is 0.378 e. The fourth-order valence-electron chi connectivity index (χ4n) is 2.37. The van der Waals surface area contributed by atoms with Crippen LogP contribution in [0.1, 0.15) is 11.3 Å². The number of carbonyl (C=O) groups is 1. The van der Waals surface area contributed by atoms with Crippen molar-refractivity contribution >= 4 is 28.7 Å². The number of anilines is 1. The number of rotatable bonds is 5. The first-order chi connectivity index (χ1) is 12.1. The van der Waals surface area contributed by atoms with Crippen LogP contribution in [0.3, 0.4) is 0 Å². The maximum Gasteiger partial charge on any atom is 0.244 e. The average Bonchev–Trinajstić information content (AvgIpc) is 2.65. The van der Waals surface area contributed by atoms with Gasteiger partial charge in [-0.1, -0.05) is 24.3 Å². The zero-order chi connectivity index (χ0) is 17.6. The molecular formula is C20H20N4O. The quantitative estimate of drug-likeness (QED) is 0.730. The lowest BCUT2D eigenvalue weighted by Crippen LogP contribution is -2.20. The molecule has 0 bridgehead atoms. The smallest absolute Gasteiger partial charge is 0.244 e. The number of benzene rings is 2. The van der Waals surface area contributed by atoms with Gasteiger partial charge in [-0.2, -0.15) is 0 Å². The normalized spacial score (nSPS) is 11.0. The monoisotopic (exact) mass is 332 g/mol. The van der Waals surface area contributed by atoms with Gasteiger partial charge in [0.25, 0.3) is 0 Å². The number of nitrogens with zero attached hydrogens (tertiary/aromatic N) is 3. The first-order valence-corrected chi connectivity index (χ1v) is 8.06. The minimum Gasteiger partial charge on any atom is -0.378 e. The Bertz CT molecular complexity index is 901. The predicted molar refractivity (Wildman–Crippen MR) is 101 cm³/mol. The number of nitrogens with one attached hydrogen (secondary N) is 1. The molecule has 0 atom stereocenters. The summed E-state index contributed by atoms with van der Waals surface area (Å²) in [5.41, 5.74) is 4.49. The Hall–Kier alpha value is -3.21. The van der Waals surface area contributed by atoms with Gasteiger partial charge in [-0.3, -0.25) is 9.78 Å². The standard InChI is InChI=1S/C20H20N4O/c1-24(2)17-10-7-15(8-11-17)13-22-20(25)12-9-16-14-21-18-5-3-4-6-19(18)23-16/h3-12,14H,13H2,1-2H3,(H,22,25)/b12-9+. The van der Waals surface area contributed by atoms with Crippen LogP contribution in [-0.4, -0.2) is 30.0 Å². The third kappa shape index (κ3) is 4.41. The highest BCUT2D eigenvalue weighted by molar-refractivity contribution is 5.91. The summed E-state index contributed by atoms with van der Waals surface area (Å²) in [5, 5.41) is 2.87. The van der Waals surface area contributed by atoms with Gasteiger partial charge in [0, 0.05) is 32.4 Å². The summed E-state index contributed by atoms with van der Waals surface area (Å²) in [6, 6.07) is 15.7. The molecular weight excluding hydrogens is 312 g/mol. The lowest BCUT2D eigenvalue weighted by Gasteiger charge is -2.12. The summed E-state index contributed by atoms with van der Waals surface area (Å²) in [5.74, 6) is -0.161. The molecule has 1 amide bonds. The van der Waals surface area contributed by atoms with Gasteiger partial charge in [0.1, 0.15) is 0 Å². The van der Waals surface area contributed by atoms with Crippen molar-refractivity contribution in [3.63, 3.8) is 0 Å². The molecule has 0 aliphatic rings. The molecule has 5 nitrogen and oxygen atoms in total. The number of hydrogen-bond donors (Lipinski definition) is 1. The molecule has 0 aliphatic carbocycles. The van der Waals surface area contributed by atoms with Crippen molar-refractivity contribution in [2.24, 2.45) is 0 Å². The summed E-state index contributed by atoms with van der Waals surface area (Å²) >= 11 is 0. The molecule has 1 N–H and O–H groups in total. The molecule has 0 unspecified atom stereocenters. The number of aromatic nitrogens is 2. The Kier molecular flexibility index (Phi) is 5.04. The van der Waals surface area contributed by atoms with E-state index in [-0.39, 0.29) is 5.91 Å². The maximum atomic E-state index is 12.0. The highest BCUT2D eigenvalue weighted by Crippen LogP contribution is 2.12. The molecule has 0 saturated carbocycles. The van der Waals surface area contributed by atoms with Crippen molar-refractivity contribution in [3.05, 3.63) is 72.1 Å². The van der Waals surface area contributed by atoms with Crippen LogP contribution < -0.4 is 10.2 Å². The molecule has 0 aliphatic heterocycles. The molecule has 0 spiro atoms. The van der Waals surface area contributed by atoms with E-state index in [4.69, 9.17) is 0 Å². The van der Waals surface area contributed by atoms with Gasteiger partial charge in [0.05, 0.1) is 22.9 Å². The summed E-state index contributed by atoms with van der Waals surface area (Å²) in [4.78, 5) is 22.8. The van der Waals surface area contributed by atoms with E-state index in [0.29, 0.717) is 12.2 Å². The van der Waals surface area contributed by atoms with Gasteiger partial charge in [0.15, 0.2) is 0 Å². The van der Waals surface area contributed by atoms with Crippen molar-refractivity contribution in [2.45, 2.75) is 6.54 Å². The molecule has 0 fully saturated rings. The van der Waals surface area contributed by atoms with Crippen LogP contribution in [-0.2, 0) is 11.3 Å². The fraction of sp³-hybridized carbons (Fsp3) is 0.150. The zero-order valence-corrected chi connectivity index (χ0v) is 14.3. The number of amides is 1. The second-order valence-electron chi connectivity index (χ2n) is 5.90. The van der Waals surface area contributed by atoms with Gasteiger partial charge in [-0.15, -0.1) is 0 Å². The van der Waals surface area contributed by atoms with Crippen LogP contribution in [0.15, 0.2) is 60.8 Å². The summed E-state index contributed by atoms with van der Waals surface area (Å²) < 4.78 is 0. The summed E-state index contributed by atoms with van der Waals surface area (Å²) in [6.07, 6.45) is 4.81. The van der Waals surface area contributed by atoms with Crippen LogP contribution in [0, 0.1) is 0 Å². The number of carbonyl (C=O) groups excluding carboxylic acids is 1. The highest BCUT2D eigenvalue weighted by atomic mass is 16.1. The molecule has 2 aromatic carbocycles. The summed E-state index contributed by atoms with van der Waals surface area (Å²) in [6.45, 7) is 0.486. The van der Waals surface area contributed by atoms with E-state index in [1.807, 2.05) is 67.5 Å². The molecule has 1 aromatic heterocycles. The number of para-hydroxylation sites is 2. The van der Waals surface area contributed by atoms with E-state index >= 15 is 0 Å². The third-order valence-electron chi connectivity index (χ3n) is 3.79. The van der Waals surface area contributed by atoms with E-state index in [0.717, 1.165) is 22.3 Å². The first-order valence-electron chi connectivity index (χ1n) is 8.06. The second-order valence-corrected chi connectivity index (χ2v) is 5.90. The topological polar surface area (TPSA) is 58.1 Å². The van der Waals surface area contributed by atoms with Crippen molar-refractivity contribution in [3.8, 4) is 0 Å². The fourth-order valence-corrected chi connectivity index (χ4v) is 2.37. The van der Waals surface area contributed by atoms with Crippen LogP contribution in [0.5, 0.6) is 0 Å². The minimum atomic E-state index is -0.161. The van der Waals surface area contributed by atoms with E-state index in [1.54, 1.807) is 12.3 Å². The van der Waals surface area contributed by atoms with Crippen LogP contribution in [0.4, 0.5) is 5.69 Å². The molecule has 0 saturated heterocycles. The van der Waals surface area contributed by atoms with Crippen molar-refractivity contribution in [1.29, 1.82) is 0 Å². The Labute approximate surface area is 147 Å². The average molecular weight is 332 g/mol. The Morgan fingerprint density at radius 2 is 1.80 bits per heavy atom. The molecule has 25 heavy (non-hydrogen) atoms. The predicted octanol–water partition coefficient (Wildman–Crippen LogP) is 3.03. The maximum absolute atomic E-state index is 12.0. The Morgan fingerprint density at radius 3 is 2.52 bits per heavy atom. The molecule has 5 heteroatoms. The van der Waals surface area contributed by atoms with Crippen molar-refractivity contribution in [1.82, 2.24) is 15.3 Å². The van der Waals surface area contributed by atoms with Crippen molar-refractivity contribution < 1.29 is 4.79 Å². The van der Waals surface area contributed by atoms with Crippen LogP contribution in [0.2, 0.25) is 0 Å². The van der Waals surface area contributed by atoms with E-state index in [9.17, 15) is 4.79 Å². The molecule has 3 rings (SSSR count). The number of fused-ring (bicyclic) bond motifs is 1. The zero-order valence-electron chi connectivity index (χ0n) is 14.3. The molecule has 126 valence electrons. The minimum absolute atomic E-state index is 0.161. The first kappa shape index (κ1) is 16.6. The molecule has 1 heterocycles. The van der Waals surface area contributed by atoms with Crippen molar-refractivity contribution in [2.75, 3.05) is 19.0 Å². The van der Waals surface area contributed by atoms with Gasteiger partial charge in [-0.05, 0) is 35.9 Å². The van der Waals surface area contributed by atoms with E-state index in [1.165, 1.54) is 6.08 Å². The Morgan fingerprint density at radius 1 is 1.08 bits per heavy atom. The van der Waals surface area contributed by atoms with E-state index < -0.39 is 0 Å².